The first-order valence-corrected chi connectivity index (χ1v) is 8.87. The lowest BCUT2D eigenvalue weighted by Crippen LogP contribution is -2.30. The lowest BCUT2D eigenvalue weighted by Gasteiger charge is -2.23. The van der Waals surface area contributed by atoms with Gasteiger partial charge in [0.15, 0.2) is 11.5 Å². The van der Waals surface area contributed by atoms with Crippen LogP contribution in [0.5, 0.6) is 0 Å². The van der Waals surface area contributed by atoms with Crippen molar-refractivity contribution in [2.75, 3.05) is 4.90 Å². The Labute approximate surface area is 162 Å². The Bertz CT molecular complexity index is 851. The van der Waals surface area contributed by atoms with E-state index in [4.69, 9.17) is 11.1 Å². The third kappa shape index (κ3) is 3.69. The van der Waals surface area contributed by atoms with Crippen molar-refractivity contribution in [1.82, 2.24) is 0 Å². The van der Waals surface area contributed by atoms with Crippen LogP contribution in [0, 0.1) is 10.8 Å². The van der Waals surface area contributed by atoms with Crippen molar-refractivity contribution < 1.29 is 14.7 Å². The van der Waals surface area contributed by atoms with Gasteiger partial charge in [0.1, 0.15) is 11.4 Å². The Morgan fingerprint density at radius 2 is 1.88 bits per heavy atom. The number of hydrogen-bond donors (Lipinski definition) is 3. The number of carbonyl (C=O) groups is 2. The topological polar surface area (TPSA) is 107 Å². The third-order valence-corrected chi connectivity index (χ3v) is 4.71. The number of allylic oxidation sites excluding steroid dienone is 1. The first kappa shape index (κ1) is 19.4. The van der Waals surface area contributed by atoms with Crippen LogP contribution in [0.3, 0.4) is 0 Å². The standard InChI is InChI=1S/C17H17Br2N3O3/c1-17(2,3)12(23)7-11-14(24)13(16(21)25)15(20)22(11)10-5-4-8(18)6-9(10)19/h4-7,20,24H,1-3H3,(H2,21,25). The predicted octanol–water partition coefficient (Wildman–Crippen LogP) is 3.81. The zero-order valence-corrected chi connectivity index (χ0v) is 17.0. The molecule has 0 radical (unpaired) electrons. The van der Waals surface area contributed by atoms with E-state index in [2.05, 4.69) is 31.9 Å². The summed E-state index contributed by atoms with van der Waals surface area (Å²) in [5.41, 5.74) is 4.82. The van der Waals surface area contributed by atoms with Gasteiger partial charge in [0, 0.05) is 20.4 Å². The molecule has 6 nitrogen and oxygen atoms in total. The molecule has 132 valence electrons. The largest absolute Gasteiger partial charge is 0.505 e. The second kappa shape index (κ2) is 6.76. The predicted molar refractivity (Wildman–Crippen MR) is 103 cm³/mol. The lowest BCUT2D eigenvalue weighted by atomic mass is 9.90. The van der Waals surface area contributed by atoms with Gasteiger partial charge >= 0.3 is 0 Å². The minimum Gasteiger partial charge on any atom is -0.505 e. The van der Waals surface area contributed by atoms with E-state index in [1.807, 2.05) is 0 Å². The third-order valence-electron chi connectivity index (χ3n) is 3.58. The Morgan fingerprint density at radius 3 is 2.36 bits per heavy atom. The van der Waals surface area contributed by atoms with Crippen LogP contribution in [0.4, 0.5) is 5.69 Å². The number of nitrogens with zero attached hydrogens (tertiary/aromatic N) is 1. The SMILES string of the molecule is CC(C)(C)C(=O)C=C1C(O)=C(C(N)=O)C(=N)N1c1ccc(Br)cc1Br. The fraction of sp³-hybridized carbons (Fsp3) is 0.235. The number of ketones is 1. The van der Waals surface area contributed by atoms with E-state index in [9.17, 15) is 14.7 Å². The second-order valence-corrected chi connectivity index (χ2v) is 8.28. The fourth-order valence-corrected chi connectivity index (χ4v) is 3.42. The smallest absolute Gasteiger partial charge is 0.256 e. The molecular weight excluding hydrogens is 454 g/mol. The average molecular weight is 471 g/mol. The number of amidine groups is 1. The average Bonchev–Trinajstić information content (AvgIpc) is 2.69. The molecule has 2 rings (SSSR count). The van der Waals surface area contributed by atoms with Crippen molar-refractivity contribution in [3.05, 3.63) is 50.2 Å². The van der Waals surface area contributed by atoms with Crippen LogP contribution in [-0.4, -0.2) is 22.6 Å². The number of aliphatic hydroxyl groups is 1. The summed E-state index contributed by atoms with van der Waals surface area (Å²) in [5, 5.41) is 18.7. The van der Waals surface area contributed by atoms with Crippen molar-refractivity contribution in [1.29, 1.82) is 5.41 Å². The van der Waals surface area contributed by atoms with Gasteiger partial charge in [-0.1, -0.05) is 36.7 Å². The van der Waals surface area contributed by atoms with Gasteiger partial charge in [-0.3, -0.25) is 19.9 Å². The maximum absolute atomic E-state index is 12.4. The fourth-order valence-electron chi connectivity index (χ4n) is 2.20. The lowest BCUT2D eigenvalue weighted by molar-refractivity contribution is -0.121. The number of amides is 1. The molecule has 4 N–H and O–H groups in total. The van der Waals surface area contributed by atoms with Crippen molar-refractivity contribution in [2.45, 2.75) is 20.8 Å². The summed E-state index contributed by atoms with van der Waals surface area (Å²) in [6.45, 7) is 5.22. The van der Waals surface area contributed by atoms with Gasteiger partial charge in [-0.25, -0.2) is 0 Å². The van der Waals surface area contributed by atoms with Crippen molar-refractivity contribution >= 4 is 55.1 Å². The van der Waals surface area contributed by atoms with Crippen LogP contribution in [0.1, 0.15) is 20.8 Å². The summed E-state index contributed by atoms with van der Waals surface area (Å²) in [4.78, 5) is 25.4. The molecule has 0 saturated heterocycles. The highest BCUT2D eigenvalue weighted by molar-refractivity contribution is 9.11. The minimum atomic E-state index is -0.938. The summed E-state index contributed by atoms with van der Waals surface area (Å²) in [6.07, 6.45) is 1.23. The quantitative estimate of drug-likeness (QED) is 0.583. The Balaban J connectivity index is 2.68. The highest BCUT2D eigenvalue weighted by Gasteiger charge is 2.38. The molecule has 8 heteroatoms. The van der Waals surface area contributed by atoms with Crippen LogP contribution in [0.25, 0.3) is 0 Å². The Hall–Kier alpha value is -1.93. The number of halogens is 2. The highest BCUT2D eigenvalue weighted by atomic mass is 79.9. The number of hydrogen-bond acceptors (Lipinski definition) is 4. The summed E-state index contributed by atoms with van der Waals surface area (Å²) in [5.74, 6) is -1.97. The Kier molecular flexibility index (Phi) is 5.24. The Morgan fingerprint density at radius 1 is 1.28 bits per heavy atom. The number of aliphatic hydroxyl groups excluding tert-OH is 1. The van der Waals surface area contributed by atoms with Gasteiger partial charge < -0.3 is 10.8 Å². The van der Waals surface area contributed by atoms with E-state index in [1.54, 1.807) is 39.0 Å². The number of anilines is 1. The zero-order valence-electron chi connectivity index (χ0n) is 13.9. The van der Waals surface area contributed by atoms with Gasteiger partial charge in [-0.15, -0.1) is 0 Å². The molecule has 0 saturated carbocycles. The highest BCUT2D eigenvalue weighted by Crippen LogP contribution is 2.38. The van der Waals surface area contributed by atoms with Gasteiger partial charge in [-0.05, 0) is 34.1 Å². The van der Waals surface area contributed by atoms with E-state index in [1.165, 1.54) is 11.0 Å². The number of benzene rings is 1. The molecule has 1 amide bonds. The number of primary amides is 1. The summed E-state index contributed by atoms with van der Waals surface area (Å²) >= 11 is 6.74. The monoisotopic (exact) mass is 469 g/mol. The van der Waals surface area contributed by atoms with Crippen LogP contribution in [0.15, 0.2) is 50.2 Å². The van der Waals surface area contributed by atoms with Crippen LogP contribution < -0.4 is 10.6 Å². The maximum atomic E-state index is 12.4. The normalized spacial score (nSPS) is 16.8. The molecule has 1 aliphatic heterocycles. The summed E-state index contributed by atoms with van der Waals surface area (Å²) in [6, 6.07) is 5.19. The molecule has 25 heavy (non-hydrogen) atoms. The van der Waals surface area contributed by atoms with Gasteiger partial charge in [0.05, 0.1) is 11.4 Å². The van der Waals surface area contributed by atoms with E-state index in [-0.39, 0.29) is 22.9 Å². The van der Waals surface area contributed by atoms with Crippen molar-refractivity contribution in [3.8, 4) is 0 Å². The molecule has 0 fully saturated rings. The second-order valence-electron chi connectivity index (χ2n) is 6.51. The minimum absolute atomic E-state index is 0.0433. The number of rotatable bonds is 3. The molecule has 0 aromatic heterocycles. The molecule has 1 aliphatic rings. The van der Waals surface area contributed by atoms with E-state index >= 15 is 0 Å². The first-order chi connectivity index (χ1) is 11.4. The number of nitrogens with two attached hydrogens (primary N) is 1. The molecule has 0 spiro atoms. The molecule has 1 heterocycles. The summed E-state index contributed by atoms with van der Waals surface area (Å²) < 4.78 is 1.41. The van der Waals surface area contributed by atoms with E-state index in [0.29, 0.717) is 10.2 Å². The van der Waals surface area contributed by atoms with Crippen molar-refractivity contribution in [3.63, 3.8) is 0 Å². The van der Waals surface area contributed by atoms with Gasteiger partial charge in [0.25, 0.3) is 5.91 Å². The molecule has 1 aromatic rings. The molecule has 0 bridgehead atoms. The summed E-state index contributed by atoms with van der Waals surface area (Å²) in [7, 11) is 0. The molecule has 0 atom stereocenters. The number of nitrogens with one attached hydrogen (secondary N) is 1. The maximum Gasteiger partial charge on any atom is 0.256 e. The van der Waals surface area contributed by atoms with Gasteiger partial charge in [0.2, 0.25) is 0 Å². The zero-order chi connectivity index (χ0) is 19.1. The van der Waals surface area contributed by atoms with Crippen LogP contribution in [-0.2, 0) is 9.59 Å². The molecule has 1 aromatic carbocycles. The van der Waals surface area contributed by atoms with E-state index < -0.39 is 17.1 Å². The van der Waals surface area contributed by atoms with E-state index in [0.717, 1.165) is 4.47 Å². The first-order valence-electron chi connectivity index (χ1n) is 7.28. The number of carbonyl (C=O) groups excluding carboxylic acids is 2. The van der Waals surface area contributed by atoms with Gasteiger partial charge in [-0.2, -0.15) is 0 Å². The molecule has 0 unspecified atom stereocenters. The molecule has 0 aliphatic carbocycles. The van der Waals surface area contributed by atoms with Crippen LogP contribution in [0.2, 0.25) is 0 Å². The molecular formula is C17H17Br2N3O3. The van der Waals surface area contributed by atoms with Crippen LogP contribution >= 0.6 is 31.9 Å². The van der Waals surface area contributed by atoms with Crippen molar-refractivity contribution in [2.24, 2.45) is 11.1 Å².